The molecule has 10 nitrogen and oxygen atoms in total. The molecule has 0 bridgehead atoms. The molecule has 15 heteroatoms. The average molecular weight is 637 g/mol. The fourth-order valence-corrected chi connectivity index (χ4v) is 5.57. The number of piperidine rings is 1. The quantitative estimate of drug-likeness (QED) is 0.230. The highest BCUT2D eigenvalue weighted by atomic mass is 32.1. The molecule has 0 spiro atoms. The second-order valence-electron chi connectivity index (χ2n) is 12.4. The van der Waals surface area contributed by atoms with Crippen LogP contribution in [0.1, 0.15) is 63.4 Å². The van der Waals surface area contributed by atoms with Crippen molar-refractivity contribution in [3.05, 3.63) is 58.1 Å². The van der Waals surface area contributed by atoms with Crippen molar-refractivity contribution >= 4 is 29.9 Å². The summed E-state index contributed by atoms with van der Waals surface area (Å²) in [5.74, 6) is 0.106. The zero-order chi connectivity index (χ0) is 31.9. The molecule has 1 aliphatic carbocycles. The number of amides is 1. The van der Waals surface area contributed by atoms with E-state index in [1.807, 2.05) is 20.8 Å². The Balaban J connectivity index is 1.36. The Hall–Kier alpha value is -3.75. The first kappa shape index (κ1) is 31.7. The molecule has 5 rings (SSSR count). The molecule has 1 saturated carbocycles. The highest BCUT2D eigenvalue weighted by Crippen LogP contribution is 2.38. The van der Waals surface area contributed by atoms with Gasteiger partial charge in [-0.15, -0.1) is 0 Å². The molecule has 2 aliphatic rings. The van der Waals surface area contributed by atoms with Crippen molar-refractivity contribution < 1.29 is 27.1 Å². The lowest BCUT2D eigenvalue weighted by Crippen LogP contribution is -2.50. The molecule has 0 atom stereocenters. The number of aromatic nitrogens is 5. The van der Waals surface area contributed by atoms with Crippen LogP contribution in [0.5, 0.6) is 0 Å². The Morgan fingerprint density at radius 2 is 1.82 bits per heavy atom. The van der Waals surface area contributed by atoms with E-state index in [4.69, 9.17) is 17.0 Å². The van der Waals surface area contributed by atoms with Crippen LogP contribution in [0.25, 0.3) is 0 Å². The lowest BCUT2D eigenvalue weighted by molar-refractivity contribution is -0.137. The van der Waals surface area contributed by atoms with Crippen LogP contribution < -0.4 is 10.2 Å². The zero-order valence-corrected chi connectivity index (χ0v) is 25.9. The lowest BCUT2D eigenvalue weighted by Gasteiger charge is -2.41. The first-order valence-electron chi connectivity index (χ1n) is 14.4. The van der Waals surface area contributed by atoms with Gasteiger partial charge in [0, 0.05) is 39.3 Å². The summed E-state index contributed by atoms with van der Waals surface area (Å²) in [7, 11) is 1.81. The molecule has 238 valence electrons. The Morgan fingerprint density at radius 1 is 1.16 bits per heavy atom. The Morgan fingerprint density at radius 3 is 2.36 bits per heavy atom. The summed E-state index contributed by atoms with van der Waals surface area (Å²) in [6, 6.07) is 4.88. The van der Waals surface area contributed by atoms with Gasteiger partial charge in [0.2, 0.25) is 5.82 Å². The number of ether oxygens (including phenoxy) is 1. The minimum Gasteiger partial charge on any atom is -0.444 e. The smallest absolute Gasteiger partial charge is 0.416 e. The highest BCUT2D eigenvalue weighted by Gasteiger charge is 2.42. The van der Waals surface area contributed by atoms with Crippen molar-refractivity contribution in [2.45, 2.75) is 76.2 Å². The predicted molar refractivity (Wildman–Crippen MR) is 158 cm³/mol. The van der Waals surface area contributed by atoms with Gasteiger partial charge in [0.25, 0.3) is 0 Å². The number of benzene rings is 1. The largest absolute Gasteiger partial charge is 0.444 e. The molecule has 0 unspecified atom stereocenters. The van der Waals surface area contributed by atoms with Gasteiger partial charge in [-0.05, 0) is 76.4 Å². The van der Waals surface area contributed by atoms with E-state index in [0.29, 0.717) is 42.1 Å². The van der Waals surface area contributed by atoms with Crippen LogP contribution in [0.3, 0.4) is 0 Å². The molecule has 1 aliphatic heterocycles. The number of H-pyrrole nitrogens is 1. The van der Waals surface area contributed by atoms with E-state index in [-0.39, 0.29) is 30.8 Å². The van der Waals surface area contributed by atoms with Gasteiger partial charge in [-0.3, -0.25) is 5.10 Å². The number of carbonyl (C=O) groups excluding carboxylic acids is 1. The van der Waals surface area contributed by atoms with Crippen molar-refractivity contribution in [1.82, 2.24) is 29.6 Å². The number of nitrogens with one attached hydrogen (secondary N) is 2. The summed E-state index contributed by atoms with van der Waals surface area (Å²) < 4.78 is 62.9. The van der Waals surface area contributed by atoms with Gasteiger partial charge < -0.3 is 24.4 Å². The van der Waals surface area contributed by atoms with Crippen molar-refractivity contribution in [3.8, 4) is 0 Å². The number of rotatable bonds is 8. The maximum absolute atomic E-state index is 16.0. The highest BCUT2D eigenvalue weighted by molar-refractivity contribution is 7.71. The van der Waals surface area contributed by atoms with Crippen molar-refractivity contribution in [1.29, 1.82) is 0 Å². The number of hydrogen-bond acceptors (Lipinski definition) is 8. The van der Waals surface area contributed by atoms with Crippen molar-refractivity contribution in [2.75, 3.05) is 29.9 Å². The van der Waals surface area contributed by atoms with E-state index in [1.165, 1.54) is 18.5 Å². The number of aromatic amines is 1. The Kier molecular flexibility index (Phi) is 8.62. The molecule has 0 radical (unpaired) electrons. The first-order chi connectivity index (χ1) is 20.7. The third-order valence-corrected chi connectivity index (χ3v) is 8.35. The van der Waals surface area contributed by atoms with E-state index in [1.54, 1.807) is 21.4 Å². The van der Waals surface area contributed by atoms with Crippen molar-refractivity contribution in [2.24, 2.45) is 7.05 Å². The van der Waals surface area contributed by atoms with E-state index in [9.17, 15) is 18.0 Å². The normalized spacial score (nSPS) is 17.0. The maximum atomic E-state index is 16.0. The van der Waals surface area contributed by atoms with Gasteiger partial charge in [-0.25, -0.2) is 14.8 Å². The van der Waals surface area contributed by atoms with Crippen LogP contribution in [0.2, 0.25) is 0 Å². The molecule has 1 amide bonds. The number of anilines is 2. The SMILES string of the molecule is Cn1c(C2(CNc3ncnc(N(Cc4ccc(C(F)(F)F)cc4)C4CC4)c3F)CCN(C(=O)OC(C)(C)C)CC2)n[nH]c1=S. The topological polar surface area (TPSA) is 104 Å². The molecular weight excluding hydrogens is 600 g/mol. The number of likely N-dealkylation sites (tertiary alicyclic amines) is 1. The molecule has 1 aromatic carbocycles. The summed E-state index contributed by atoms with van der Waals surface area (Å²) in [5.41, 5.74) is -1.37. The molecule has 3 aromatic rings. The third kappa shape index (κ3) is 6.97. The van der Waals surface area contributed by atoms with Crippen molar-refractivity contribution in [3.63, 3.8) is 0 Å². The van der Waals surface area contributed by atoms with Crippen LogP contribution in [0.15, 0.2) is 30.6 Å². The standard InChI is InChI=1S/C29H36F4N8O2S/c1-27(2,3)43-26(42)40-13-11-28(12-14-40,24-37-38-25(44)39(24)4)16-34-22-21(30)23(36-17-35-22)41(20-9-10-20)15-18-5-7-19(8-6-18)29(31,32)33/h5-8,17,20H,9-16H2,1-4H3,(H,38,44)(H,34,35,36). The third-order valence-electron chi connectivity index (χ3n) is 7.99. The maximum Gasteiger partial charge on any atom is 0.416 e. The van der Waals surface area contributed by atoms with Crippen LogP contribution in [0.4, 0.5) is 34.0 Å². The van der Waals surface area contributed by atoms with Crippen LogP contribution in [-0.4, -0.2) is 67.0 Å². The lowest BCUT2D eigenvalue weighted by atomic mass is 9.77. The fourth-order valence-electron chi connectivity index (χ4n) is 5.44. The number of hydrogen-bond donors (Lipinski definition) is 2. The zero-order valence-electron chi connectivity index (χ0n) is 25.0. The van der Waals surface area contributed by atoms with Gasteiger partial charge in [-0.1, -0.05) is 12.1 Å². The molecule has 2 aromatic heterocycles. The molecule has 44 heavy (non-hydrogen) atoms. The number of halogens is 4. The van der Waals surface area contributed by atoms with E-state index >= 15 is 4.39 Å². The van der Waals surface area contributed by atoms with Gasteiger partial charge >= 0.3 is 12.3 Å². The number of carbonyl (C=O) groups is 1. The Bertz CT molecular complexity index is 1540. The molecule has 3 heterocycles. The fraction of sp³-hybridized carbons (Fsp3) is 0.552. The van der Waals surface area contributed by atoms with E-state index in [2.05, 4.69) is 25.5 Å². The van der Waals surface area contributed by atoms with Gasteiger partial charge in [0.15, 0.2) is 16.4 Å². The summed E-state index contributed by atoms with van der Waals surface area (Å²) in [5, 5.41) is 10.5. The monoisotopic (exact) mass is 636 g/mol. The number of nitrogens with zero attached hydrogens (tertiary/aromatic N) is 6. The van der Waals surface area contributed by atoms with Crippen LogP contribution >= 0.6 is 12.2 Å². The average Bonchev–Trinajstić information content (AvgIpc) is 3.74. The molecule has 2 N–H and O–H groups in total. The van der Waals surface area contributed by atoms with Gasteiger partial charge in [-0.2, -0.15) is 22.7 Å². The van der Waals surface area contributed by atoms with Gasteiger partial charge in [0.05, 0.1) is 11.0 Å². The number of alkyl halides is 3. The first-order valence-corrected chi connectivity index (χ1v) is 14.8. The minimum atomic E-state index is -4.43. The Labute approximate surface area is 257 Å². The predicted octanol–water partition coefficient (Wildman–Crippen LogP) is 5.98. The summed E-state index contributed by atoms with van der Waals surface area (Å²) in [6.45, 7) is 6.69. The van der Waals surface area contributed by atoms with E-state index < -0.39 is 34.7 Å². The van der Waals surface area contributed by atoms with E-state index in [0.717, 1.165) is 25.0 Å². The molecular formula is C29H36F4N8O2S. The second-order valence-corrected chi connectivity index (χ2v) is 12.8. The molecule has 2 fully saturated rings. The summed E-state index contributed by atoms with van der Waals surface area (Å²) >= 11 is 5.37. The second kappa shape index (κ2) is 12.0. The minimum absolute atomic E-state index is 0.00111. The molecule has 1 saturated heterocycles. The summed E-state index contributed by atoms with van der Waals surface area (Å²) in [4.78, 5) is 24.6. The van der Waals surface area contributed by atoms with Gasteiger partial charge in [0.1, 0.15) is 17.8 Å². The van der Waals surface area contributed by atoms with Crippen LogP contribution in [-0.2, 0) is 29.9 Å². The van der Waals surface area contributed by atoms with Crippen LogP contribution in [0, 0.1) is 10.6 Å². The summed E-state index contributed by atoms with van der Waals surface area (Å²) in [6.07, 6.45) is -0.891.